The van der Waals surface area contributed by atoms with Crippen molar-refractivity contribution in [3.05, 3.63) is 77.5 Å². The van der Waals surface area contributed by atoms with Crippen LogP contribution in [0.25, 0.3) is 16.6 Å². The maximum Gasteiger partial charge on any atom is 0.433 e. The van der Waals surface area contributed by atoms with Gasteiger partial charge in [0.05, 0.1) is 5.52 Å². The van der Waals surface area contributed by atoms with Crippen molar-refractivity contribution >= 4 is 33.9 Å². The molecule has 0 bridgehead atoms. The minimum atomic E-state index is -4.50. The Balaban J connectivity index is 0.000000190. The van der Waals surface area contributed by atoms with Gasteiger partial charge in [-0.05, 0) is 29.8 Å². The normalized spacial score (nSPS) is 13.4. The minimum Gasteiger partial charge on any atom is -0.399 e. The summed E-state index contributed by atoms with van der Waals surface area (Å²) in [7, 11) is 0. The first kappa shape index (κ1) is 24.5. The number of nitrogen functional groups attached to an aromatic ring is 1. The van der Waals surface area contributed by atoms with E-state index in [9.17, 15) is 13.2 Å². The highest BCUT2D eigenvalue weighted by Crippen LogP contribution is 2.32. The second kappa shape index (κ2) is 11.6. The molecule has 1 aliphatic carbocycles. The van der Waals surface area contributed by atoms with Crippen LogP contribution in [-0.4, -0.2) is 4.98 Å². The van der Waals surface area contributed by atoms with E-state index >= 15 is 0 Å². The molecule has 4 rings (SSSR count). The van der Waals surface area contributed by atoms with Gasteiger partial charge in [-0.3, -0.25) is 0 Å². The highest BCUT2D eigenvalue weighted by molar-refractivity contribution is 6.31. The molecular formula is C24H27ClF3N3. The van der Waals surface area contributed by atoms with Crippen LogP contribution in [0.3, 0.4) is 0 Å². The lowest BCUT2D eigenvalue weighted by Crippen LogP contribution is -2.09. The van der Waals surface area contributed by atoms with Crippen LogP contribution in [0.1, 0.15) is 49.8 Å². The van der Waals surface area contributed by atoms with Gasteiger partial charge < -0.3 is 11.5 Å². The standard InChI is InChI=1S/C10H6ClF3N2.C8H9N.C6H12/c11-5-1-2-8-6(3-5)7(15)4-9(16-8)10(12,13)14;1-7(9)8-5-3-2-4-6-8;1-2-4-6-5-3-1/h1-4H,(H2,15,16);2-6H,1,9H2;1-6H2. The Morgan fingerprint density at radius 2 is 1.45 bits per heavy atom. The summed E-state index contributed by atoms with van der Waals surface area (Å²) in [4.78, 5) is 3.48. The molecule has 0 atom stereocenters. The van der Waals surface area contributed by atoms with Crippen LogP contribution in [-0.2, 0) is 6.18 Å². The second-order valence-electron chi connectivity index (χ2n) is 7.27. The summed E-state index contributed by atoms with van der Waals surface area (Å²) in [6, 6.07) is 14.9. The molecule has 1 aliphatic rings. The number of hydrogen-bond donors (Lipinski definition) is 2. The maximum absolute atomic E-state index is 12.4. The lowest BCUT2D eigenvalue weighted by atomic mass is 10.0. The molecule has 31 heavy (non-hydrogen) atoms. The zero-order valence-corrected chi connectivity index (χ0v) is 18.0. The molecular weight excluding hydrogens is 423 g/mol. The topological polar surface area (TPSA) is 64.9 Å². The highest BCUT2D eigenvalue weighted by Gasteiger charge is 2.33. The monoisotopic (exact) mass is 449 g/mol. The molecule has 7 heteroatoms. The van der Waals surface area contributed by atoms with Crippen molar-refractivity contribution in [2.75, 3.05) is 5.73 Å². The van der Waals surface area contributed by atoms with Gasteiger partial charge in [-0.2, -0.15) is 13.2 Å². The molecule has 166 valence electrons. The molecule has 1 heterocycles. The van der Waals surface area contributed by atoms with Crippen molar-refractivity contribution in [1.29, 1.82) is 0 Å². The first-order chi connectivity index (χ1) is 14.7. The van der Waals surface area contributed by atoms with E-state index in [1.165, 1.54) is 56.7 Å². The maximum atomic E-state index is 12.4. The van der Waals surface area contributed by atoms with Crippen LogP contribution in [0.4, 0.5) is 18.9 Å². The molecule has 0 aliphatic heterocycles. The molecule has 1 aromatic heterocycles. The molecule has 0 amide bonds. The molecule has 1 saturated carbocycles. The zero-order valence-electron chi connectivity index (χ0n) is 17.3. The quantitative estimate of drug-likeness (QED) is 0.405. The van der Waals surface area contributed by atoms with Gasteiger partial charge in [0.2, 0.25) is 0 Å². The summed E-state index contributed by atoms with van der Waals surface area (Å²) in [6.45, 7) is 3.60. The Bertz CT molecular complexity index is 973. The number of alkyl halides is 3. The molecule has 0 saturated heterocycles. The largest absolute Gasteiger partial charge is 0.433 e. The minimum absolute atomic E-state index is 0.0137. The molecule has 2 aromatic carbocycles. The lowest BCUT2D eigenvalue weighted by Gasteiger charge is -2.09. The molecule has 1 fully saturated rings. The van der Waals surface area contributed by atoms with Crippen LogP contribution < -0.4 is 11.5 Å². The average Bonchev–Trinajstić information content (AvgIpc) is 2.76. The zero-order chi connectivity index (χ0) is 22.9. The number of pyridine rings is 1. The van der Waals surface area contributed by atoms with Crippen LogP contribution in [0, 0.1) is 0 Å². The Hall–Kier alpha value is -2.73. The number of halogens is 4. The van der Waals surface area contributed by atoms with Gasteiger partial charge in [-0.25, -0.2) is 4.98 Å². The smallest absolute Gasteiger partial charge is 0.399 e. The van der Waals surface area contributed by atoms with E-state index in [-0.39, 0.29) is 11.2 Å². The van der Waals surface area contributed by atoms with Crippen LogP contribution in [0.2, 0.25) is 5.02 Å². The van der Waals surface area contributed by atoms with Gasteiger partial charge >= 0.3 is 6.18 Å². The molecule has 0 spiro atoms. The fourth-order valence-corrected chi connectivity index (χ4v) is 3.25. The number of benzene rings is 2. The van der Waals surface area contributed by atoms with Gasteiger partial charge in [0.15, 0.2) is 0 Å². The molecule has 4 N–H and O–H groups in total. The van der Waals surface area contributed by atoms with Gasteiger partial charge in [0, 0.05) is 21.8 Å². The third-order valence-corrected chi connectivity index (χ3v) is 4.97. The van der Waals surface area contributed by atoms with Crippen molar-refractivity contribution in [3.63, 3.8) is 0 Å². The fourth-order valence-electron chi connectivity index (χ4n) is 3.08. The van der Waals surface area contributed by atoms with Crippen LogP contribution in [0.15, 0.2) is 61.2 Å². The van der Waals surface area contributed by atoms with Crippen LogP contribution in [0.5, 0.6) is 0 Å². The Morgan fingerprint density at radius 1 is 0.903 bits per heavy atom. The predicted molar refractivity (Wildman–Crippen MR) is 124 cm³/mol. The summed E-state index contributed by atoms with van der Waals surface area (Å²) < 4.78 is 37.3. The van der Waals surface area contributed by atoms with Crippen molar-refractivity contribution in [1.82, 2.24) is 4.98 Å². The van der Waals surface area contributed by atoms with Gasteiger partial charge in [0.1, 0.15) is 5.69 Å². The third-order valence-electron chi connectivity index (χ3n) is 4.74. The van der Waals surface area contributed by atoms with E-state index in [0.717, 1.165) is 11.6 Å². The first-order valence-electron chi connectivity index (χ1n) is 10.1. The average molecular weight is 450 g/mol. The summed E-state index contributed by atoms with van der Waals surface area (Å²) in [5.74, 6) is 0. The summed E-state index contributed by atoms with van der Waals surface area (Å²) in [5.41, 5.74) is 11.8. The van der Waals surface area contributed by atoms with Gasteiger partial charge in [-0.15, -0.1) is 0 Å². The predicted octanol–water partition coefficient (Wildman–Crippen LogP) is 7.45. The van der Waals surface area contributed by atoms with Gasteiger partial charge in [-0.1, -0.05) is 87.0 Å². The Labute approximate surface area is 185 Å². The summed E-state index contributed by atoms with van der Waals surface area (Å²) >= 11 is 5.71. The fraction of sp³-hybridized carbons (Fsp3) is 0.292. The number of fused-ring (bicyclic) bond motifs is 1. The van der Waals surface area contributed by atoms with E-state index < -0.39 is 11.9 Å². The second-order valence-corrected chi connectivity index (χ2v) is 7.70. The number of rotatable bonds is 1. The van der Waals surface area contributed by atoms with E-state index in [2.05, 4.69) is 11.6 Å². The van der Waals surface area contributed by atoms with E-state index in [4.69, 9.17) is 23.1 Å². The summed E-state index contributed by atoms with van der Waals surface area (Å²) in [6.07, 6.45) is 4.50. The number of nitrogens with two attached hydrogens (primary N) is 2. The molecule has 3 aromatic rings. The number of hydrogen-bond acceptors (Lipinski definition) is 3. The molecule has 3 nitrogen and oxygen atoms in total. The van der Waals surface area contributed by atoms with Crippen LogP contribution >= 0.6 is 11.6 Å². The summed E-state index contributed by atoms with van der Waals surface area (Å²) in [5, 5.41) is 0.821. The number of nitrogens with zero attached hydrogens (tertiary/aromatic N) is 1. The Morgan fingerprint density at radius 3 is 1.90 bits per heavy atom. The van der Waals surface area contributed by atoms with Crippen molar-refractivity contribution < 1.29 is 13.2 Å². The van der Waals surface area contributed by atoms with Crippen molar-refractivity contribution in [2.45, 2.75) is 44.7 Å². The van der Waals surface area contributed by atoms with Crippen molar-refractivity contribution in [3.8, 4) is 0 Å². The SMILES string of the molecule is C1CCCCC1.C=C(N)c1ccccc1.Nc1cc(C(F)(F)F)nc2ccc(Cl)cc12. The highest BCUT2D eigenvalue weighted by atomic mass is 35.5. The first-order valence-corrected chi connectivity index (χ1v) is 10.5. The number of anilines is 1. The Kier molecular flexibility index (Phi) is 9.19. The van der Waals surface area contributed by atoms with Crippen molar-refractivity contribution in [2.24, 2.45) is 5.73 Å². The lowest BCUT2D eigenvalue weighted by molar-refractivity contribution is -0.140. The van der Waals surface area contributed by atoms with E-state index in [1.54, 1.807) is 0 Å². The van der Waals surface area contributed by atoms with E-state index in [0.29, 0.717) is 16.1 Å². The van der Waals surface area contributed by atoms with Gasteiger partial charge in [0.25, 0.3) is 0 Å². The molecule has 0 unspecified atom stereocenters. The number of aromatic nitrogens is 1. The van der Waals surface area contributed by atoms with E-state index in [1.807, 2.05) is 30.3 Å². The molecule has 0 radical (unpaired) electrons. The third kappa shape index (κ3) is 8.13.